The van der Waals surface area contributed by atoms with Gasteiger partial charge in [-0.05, 0) is 98.5 Å². The second-order valence-corrected chi connectivity index (χ2v) is 11.3. The first-order valence-corrected chi connectivity index (χ1v) is 14.1. The largest absolute Gasteiger partial charge is 0.353 e. The van der Waals surface area contributed by atoms with E-state index in [4.69, 9.17) is 10.1 Å². The lowest BCUT2D eigenvalue weighted by molar-refractivity contribution is 0.331. The number of nitrogens with zero attached hydrogens (tertiary/aromatic N) is 4. The molecule has 1 aliphatic heterocycles. The Kier molecular flexibility index (Phi) is 6.85. The van der Waals surface area contributed by atoms with Crippen molar-refractivity contribution < 1.29 is 0 Å². The number of pyridine rings is 2. The minimum absolute atomic E-state index is 0.849. The number of thiophene rings is 1. The molecule has 0 radical (unpaired) electrons. The predicted molar refractivity (Wildman–Crippen MR) is 163 cm³/mol. The maximum absolute atomic E-state index is 4.73. The average molecular weight is 533 g/mol. The van der Waals surface area contributed by atoms with Crippen molar-refractivity contribution in [2.24, 2.45) is 0 Å². The smallest absolute Gasteiger partial charge is 0.116 e. The third kappa shape index (κ3) is 5.03. The molecule has 0 spiro atoms. The number of allylic oxidation sites excluding steroid dienone is 2. The SMILES string of the molecule is C=C(/C=c1/c(-c2cc3c(-c4ccc(C(=C)C)s4)nccc3[nH]2)n[nH]/c1=C/C)c1cncc(CN2CCCC2)c1. The van der Waals surface area contributed by atoms with Gasteiger partial charge in [0.1, 0.15) is 5.69 Å². The highest BCUT2D eigenvalue weighted by molar-refractivity contribution is 7.16. The molecule has 5 aromatic rings. The summed E-state index contributed by atoms with van der Waals surface area (Å²) in [6, 6.07) is 10.6. The van der Waals surface area contributed by atoms with E-state index in [1.165, 1.54) is 23.3 Å². The van der Waals surface area contributed by atoms with E-state index in [9.17, 15) is 0 Å². The number of H-pyrrole nitrogens is 2. The Balaban J connectivity index is 1.38. The second kappa shape index (κ2) is 10.6. The number of hydrogen-bond donors (Lipinski definition) is 2. The van der Waals surface area contributed by atoms with Crippen LogP contribution >= 0.6 is 11.3 Å². The highest BCUT2D eigenvalue weighted by Gasteiger charge is 2.15. The van der Waals surface area contributed by atoms with Crippen LogP contribution < -0.4 is 10.6 Å². The molecule has 7 heteroatoms. The van der Waals surface area contributed by atoms with E-state index in [1.54, 1.807) is 11.3 Å². The molecule has 196 valence electrons. The van der Waals surface area contributed by atoms with Crippen molar-refractivity contribution in [1.82, 2.24) is 30.0 Å². The molecule has 2 N–H and O–H groups in total. The van der Waals surface area contributed by atoms with Crippen molar-refractivity contribution in [1.29, 1.82) is 0 Å². The van der Waals surface area contributed by atoms with Crippen LogP contribution in [0.3, 0.4) is 0 Å². The number of fused-ring (bicyclic) bond motifs is 1. The monoisotopic (exact) mass is 532 g/mol. The van der Waals surface area contributed by atoms with Crippen LogP contribution in [0.15, 0.2) is 62.1 Å². The Hall–Kier alpha value is -4.07. The van der Waals surface area contributed by atoms with E-state index in [0.717, 1.165) is 79.8 Å². The fourth-order valence-electron chi connectivity index (χ4n) is 5.21. The van der Waals surface area contributed by atoms with Crippen molar-refractivity contribution in [2.45, 2.75) is 33.2 Å². The molecular weight excluding hydrogens is 500 g/mol. The van der Waals surface area contributed by atoms with Crippen molar-refractivity contribution in [3.63, 3.8) is 0 Å². The van der Waals surface area contributed by atoms with Crippen molar-refractivity contribution >= 4 is 45.5 Å². The molecular formula is C32H32N6S. The summed E-state index contributed by atoms with van der Waals surface area (Å²) in [6.45, 7) is 15.8. The van der Waals surface area contributed by atoms with Gasteiger partial charge >= 0.3 is 0 Å². The van der Waals surface area contributed by atoms with E-state index in [1.807, 2.05) is 44.6 Å². The predicted octanol–water partition coefficient (Wildman–Crippen LogP) is 6.00. The van der Waals surface area contributed by atoms with Gasteiger partial charge < -0.3 is 4.98 Å². The van der Waals surface area contributed by atoms with E-state index < -0.39 is 0 Å². The highest BCUT2D eigenvalue weighted by Crippen LogP contribution is 2.35. The van der Waals surface area contributed by atoms with Crippen molar-refractivity contribution in [3.8, 4) is 22.0 Å². The maximum Gasteiger partial charge on any atom is 0.116 e. The molecule has 0 aromatic carbocycles. The van der Waals surface area contributed by atoms with E-state index in [0.29, 0.717) is 0 Å². The number of hydrogen-bond acceptors (Lipinski definition) is 5. The van der Waals surface area contributed by atoms with Crippen LogP contribution in [-0.2, 0) is 6.54 Å². The summed E-state index contributed by atoms with van der Waals surface area (Å²) in [6.07, 6.45) is 12.4. The Labute approximate surface area is 232 Å². The van der Waals surface area contributed by atoms with Gasteiger partial charge in [-0.3, -0.25) is 20.0 Å². The zero-order valence-corrected chi connectivity index (χ0v) is 23.2. The van der Waals surface area contributed by atoms with E-state index >= 15 is 0 Å². The number of rotatable bonds is 7. The lowest BCUT2D eigenvalue weighted by Gasteiger charge is -2.14. The van der Waals surface area contributed by atoms with Crippen LogP contribution in [0.1, 0.15) is 42.7 Å². The molecule has 6 nitrogen and oxygen atoms in total. The average Bonchev–Trinajstić information content (AvgIpc) is 3.75. The Morgan fingerprint density at radius 3 is 2.72 bits per heavy atom. The van der Waals surface area contributed by atoms with Gasteiger partial charge in [-0.2, -0.15) is 5.10 Å². The fourth-order valence-corrected chi connectivity index (χ4v) is 6.16. The summed E-state index contributed by atoms with van der Waals surface area (Å²) < 4.78 is 0. The molecule has 5 aromatic heterocycles. The van der Waals surface area contributed by atoms with Crippen LogP contribution in [-0.4, -0.2) is 43.1 Å². The lowest BCUT2D eigenvalue weighted by atomic mass is 10.1. The van der Waals surface area contributed by atoms with Gasteiger partial charge in [-0.1, -0.05) is 19.2 Å². The van der Waals surface area contributed by atoms with E-state index in [2.05, 4.69) is 63.5 Å². The molecule has 39 heavy (non-hydrogen) atoms. The molecule has 0 amide bonds. The van der Waals surface area contributed by atoms with Gasteiger partial charge in [0.25, 0.3) is 0 Å². The summed E-state index contributed by atoms with van der Waals surface area (Å²) in [4.78, 5) is 17.6. The second-order valence-electron chi connectivity index (χ2n) is 10.2. The van der Waals surface area contributed by atoms with Crippen molar-refractivity contribution in [3.05, 3.63) is 88.7 Å². The number of likely N-dealkylation sites (tertiary alicyclic amines) is 1. The summed E-state index contributed by atoms with van der Waals surface area (Å²) in [7, 11) is 0. The van der Waals surface area contributed by atoms with Crippen LogP contribution in [0.4, 0.5) is 0 Å². The molecule has 6 heterocycles. The van der Waals surface area contributed by atoms with Gasteiger partial charge in [-0.15, -0.1) is 11.3 Å². The Morgan fingerprint density at radius 2 is 1.95 bits per heavy atom. The van der Waals surface area contributed by atoms with Crippen LogP contribution in [0.5, 0.6) is 0 Å². The summed E-state index contributed by atoms with van der Waals surface area (Å²) in [5.41, 5.74) is 7.97. The van der Waals surface area contributed by atoms with Gasteiger partial charge in [0.05, 0.1) is 21.6 Å². The van der Waals surface area contributed by atoms with E-state index in [-0.39, 0.29) is 0 Å². The van der Waals surface area contributed by atoms with Gasteiger partial charge in [0, 0.05) is 46.1 Å². The summed E-state index contributed by atoms with van der Waals surface area (Å²) >= 11 is 1.71. The third-order valence-corrected chi connectivity index (χ3v) is 8.53. The van der Waals surface area contributed by atoms with Gasteiger partial charge in [-0.25, -0.2) is 0 Å². The standard InChI is InChI=1S/C32H32N6S/c1-5-26-24(14-21(4)23-15-22(17-33-18-23)19-38-12-6-7-13-38)31(37-36-26)28-16-25-27(35-28)10-11-34-32(25)30-9-8-29(39-30)20(2)3/h5,8-11,14-18,35-36H,2,4,6-7,12-13,19H2,1,3H3/b24-14+,26-5+. The van der Waals surface area contributed by atoms with Gasteiger partial charge in [0.2, 0.25) is 0 Å². The molecule has 0 unspecified atom stereocenters. The topological polar surface area (TPSA) is 73.5 Å². The summed E-state index contributed by atoms with van der Waals surface area (Å²) in [5.74, 6) is 0. The molecule has 1 saturated heterocycles. The zero-order chi connectivity index (χ0) is 26.9. The minimum Gasteiger partial charge on any atom is -0.353 e. The lowest BCUT2D eigenvalue weighted by Crippen LogP contribution is -2.23. The summed E-state index contributed by atoms with van der Waals surface area (Å²) in [5, 5.41) is 10.9. The molecule has 1 aliphatic rings. The molecule has 6 rings (SSSR count). The molecule has 0 atom stereocenters. The van der Waals surface area contributed by atoms with Crippen LogP contribution in [0.2, 0.25) is 0 Å². The normalized spacial score (nSPS) is 15.0. The fraction of sp³-hybridized carbons (Fsp3) is 0.219. The van der Waals surface area contributed by atoms with Gasteiger partial charge in [0.15, 0.2) is 0 Å². The van der Waals surface area contributed by atoms with Crippen LogP contribution in [0.25, 0.3) is 56.2 Å². The number of nitrogens with one attached hydrogen (secondary N) is 2. The first kappa shape index (κ1) is 25.2. The Bertz CT molecular complexity index is 1810. The zero-order valence-electron chi connectivity index (χ0n) is 22.4. The quantitative estimate of drug-likeness (QED) is 0.270. The molecule has 0 aliphatic carbocycles. The molecule has 0 saturated carbocycles. The molecule has 0 bridgehead atoms. The number of aromatic nitrogens is 5. The Morgan fingerprint density at radius 1 is 1.10 bits per heavy atom. The molecule has 1 fully saturated rings. The number of aromatic amines is 2. The first-order valence-electron chi connectivity index (χ1n) is 13.3. The van der Waals surface area contributed by atoms with Crippen LogP contribution in [0, 0.1) is 0 Å². The minimum atomic E-state index is 0.849. The van der Waals surface area contributed by atoms with Crippen molar-refractivity contribution in [2.75, 3.05) is 13.1 Å². The first-order chi connectivity index (χ1) is 19.0. The third-order valence-electron chi connectivity index (χ3n) is 7.27. The maximum atomic E-state index is 4.73. The highest BCUT2D eigenvalue weighted by atomic mass is 32.1.